The van der Waals surface area contributed by atoms with E-state index in [0.29, 0.717) is 10.7 Å². The van der Waals surface area contributed by atoms with Crippen LogP contribution in [0.15, 0.2) is 36.4 Å². The maximum atomic E-state index is 13.4. The van der Waals surface area contributed by atoms with Gasteiger partial charge in [0.1, 0.15) is 11.6 Å². The molecule has 2 aromatic rings. The second-order valence-electron chi connectivity index (χ2n) is 4.51. The molecule has 21 heavy (non-hydrogen) atoms. The normalized spacial score (nSPS) is 10.3. The monoisotopic (exact) mass is 310 g/mol. The third-order valence-electron chi connectivity index (χ3n) is 2.77. The van der Waals surface area contributed by atoms with E-state index in [1.165, 1.54) is 0 Å². The lowest BCUT2D eigenvalue weighted by molar-refractivity contribution is -0.114. The first kappa shape index (κ1) is 15.3. The standard InChI is InChI=1S/C15H13ClF2N2O/c1-9-2-5-13(11(16)6-9)20-15(21)8-19-14-7-10(17)3-4-12(14)18/h2-7,19H,8H2,1H3,(H,20,21). The van der Waals surface area contributed by atoms with Crippen LogP contribution < -0.4 is 10.6 Å². The van der Waals surface area contributed by atoms with E-state index in [1.54, 1.807) is 18.2 Å². The fraction of sp³-hybridized carbons (Fsp3) is 0.133. The van der Waals surface area contributed by atoms with Crippen molar-refractivity contribution in [2.45, 2.75) is 6.92 Å². The quantitative estimate of drug-likeness (QED) is 0.897. The third kappa shape index (κ3) is 4.16. The van der Waals surface area contributed by atoms with E-state index in [0.717, 1.165) is 23.8 Å². The van der Waals surface area contributed by atoms with Crippen molar-refractivity contribution in [3.63, 3.8) is 0 Å². The van der Waals surface area contributed by atoms with Crippen molar-refractivity contribution in [3.05, 3.63) is 58.6 Å². The van der Waals surface area contributed by atoms with Crippen molar-refractivity contribution < 1.29 is 13.6 Å². The second kappa shape index (κ2) is 6.54. The van der Waals surface area contributed by atoms with E-state index in [2.05, 4.69) is 10.6 Å². The number of carbonyl (C=O) groups excluding carboxylic acids is 1. The van der Waals surface area contributed by atoms with Crippen LogP contribution in [0.4, 0.5) is 20.2 Å². The van der Waals surface area contributed by atoms with Crippen molar-refractivity contribution in [2.24, 2.45) is 0 Å². The van der Waals surface area contributed by atoms with Crippen LogP contribution in [0.3, 0.4) is 0 Å². The van der Waals surface area contributed by atoms with Crippen LogP contribution in [0.25, 0.3) is 0 Å². The lowest BCUT2D eigenvalue weighted by Gasteiger charge is -2.10. The van der Waals surface area contributed by atoms with Crippen LogP contribution in [0, 0.1) is 18.6 Å². The van der Waals surface area contributed by atoms with Crippen LogP contribution >= 0.6 is 11.6 Å². The molecule has 1 amide bonds. The van der Waals surface area contributed by atoms with E-state index in [4.69, 9.17) is 11.6 Å². The molecular weight excluding hydrogens is 298 g/mol. The molecule has 0 aliphatic heterocycles. The first-order valence-corrected chi connectivity index (χ1v) is 6.58. The number of anilines is 2. The number of carbonyl (C=O) groups is 1. The lowest BCUT2D eigenvalue weighted by Crippen LogP contribution is -2.22. The van der Waals surface area contributed by atoms with E-state index in [9.17, 15) is 13.6 Å². The Morgan fingerprint density at radius 1 is 1.14 bits per heavy atom. The third-order valence-corrected chi connectivity index (χ3v) is 3.08. The van der Waals surface area contributed by atoms with Crippen LogP contribution in [-0.2, 0) is 4.79 Å². The Morgan fingerprint density at radius 2 is 1.90 bits per heavy atom. The summed E-state index contributed by atoms with van der Waals surface area (Å²) >= 11 is 5.99. The van der Waals surface area contributed by atoms with Crippen molar-refractivity contribution in [1.82, 2.24) is 0 Å². The van der Waals surface area contributed by atoms with Gasteiger partial charge < -0.3 is 10.6 Å². The van der Waals surface area contributed by atoms with Gasteiger partial charge in [-0.05, 0) is 42.8 Å². The molecule has 0 heterocycles. The molecule has 0 spiro atoms. The average Bonchev–Trinajstić information content (AvgIpc) is 2.43. The number of rotatable bonds is 4. The van der Waals surface area contributed by atoms with Crippen LogP contribution in [-0.4, -0.2) is 12.5 Å². The number of amides is 1. The zero-order chi connectivity index (χ0) is 15.4. The predicted octanol–water partition coefficient (Wildman–Crippen LogP) is 3.98. The Balaban J connectivity index is 1.97. The summed E-state index contributed by atoms with van der Waals surface area (Å²) in [6, 6.07) is 8.19. The summed E-state index contributed by atoms with van der Waals surface area (Å²) in [4.78, 5) is 11.8. The minimum absolute atomic E-state index is 0.0693. The van der Waals surface area contributed by atoms with Gasteiger partial charge in [0.25, 0.3) is 0 Å². The predicted molar refractivity (Wildman–Crippen MR) is 79.7 cm³/mol. The molecule has 0 bridgehead atoms. The number of aryl methyl sites for hydroxylation is 1. The van der Waals surface area contributed by atoms with Crippen molar-refractivity contribution in [2.75, 3.05) is 17.2 Å². The SMILES string of the molecule is Cc1ccc(NC(=O)CNc2cc(F)ccc2F)c(Cl)c1. The van der Waals surface area contributed by atoms with Gasteiger partial charge in [0.2, 0.25) is 5.91 Å². The molecule has 0 aliphatic rings. The van der Waals surface area contributed by atoms with Gasteiger partial charge in [0.05, 0.1) is 22.9 Å². The minimum Gasteiger partial charge on any atom is -0.374 e. The largest absolute Gasteiger partial charge is 0.374 e. The first-order valence-electron chi connectivity index (χ1n) is 6.20. The molecule has 110 valence electrons. The Bertz CT molecular complexity index is 677. The fourth-order valence-electron chi connectivity index (χ4n) is 1.72. The Hall–Kier alpha value is -2.14. The average molecular weight is 311 g/mol. The highest BCUT2D eigenvalue weighted by atomic mass is 35.5. The molecular formula is C15H13ClF2N2O. The van der Waals surface area contributed by atoms with Crippen LogP contribution in [0.1, 0.15) is 5.56 Å². The van der Waals surface area contributed by atoms with Gasteiger partial charge in [0.15, 0.2) is 0 Å². The van der Waals surface area contributed by atoms with E-state index in [1.807, 2.05) is 6.92 Å². The summed E-state index contributed by atoms with van der Waals surface area (Å²) < 4.78 is 26.4. The Kier molecular flexibility index (Phi) is 4.75. The maximum Gasteiger partial charge on any atom is 0.243 e. The molecule has 0 aliphatic carbocycles. The highest BCUT2D eigenvalue weighted by Gasteiger charge is 2.08. The Morgan fingerprint density at radius 3 is 2.62 bits per heavy atom. The van der Waals surface area contributed by atoms with Gasteiger partial charge in [-0.2, -0.15) is 0 Å². The highest BCUT2D eigenvalue weighted by molar-refractivity contribution is 6.33. The molecule has 6 heteroatoms. The number of nitrogens with one attached hydrogen (secondary N) is 2. The van der Waals surface area contributed by atoms with Gasteiger partial charge in [0, 0.05) is 0 Å². The number of benzene rings is 2. The fourth-order valence-corrected chi connectivity index (χ4v) is 2.01. The molecule has 0 fully saturated rings. The van der Waals surface area contributed by atoms with Gasteiger partial charge in [-0.25, -0.2) is 8.78 Å². The maximum absolute atomic E-state index is 13.4. The van der Waals surface area contributed by atoms with E-state index < -0.39 is 17.5 Å². The molecule has 0 saturated carbocycles. The zero-order valence-corrected chi connectivity index (χ0v) is 12.0. The summed E-state index contributed by atoms with van der Waals surface area (Å²) in [6.07, 6.45) is 0. The molecule has 0 atom stereocenters. The zero-order valence-electron chi connectivity index (χ0n) is 11.2. The van der Waals surface area contributed by atoms with Crippen molar-refractivity contribution in [3.8, 4) is 0 Å². The van der Waals surface area contributed by atoms with Crippen LogP contribution in [0.5, 0.6) is 0 Å². The summed E-state index contributed by atoms with van der Waals surface area (Å²) in [5.41, 5.74) is 1.37. The Labute approximate surface area is 125 Å². The van der Waals surface area contributed by atoms with Crippen molar-refractivity contribution in [1.29, 1.82) is 0 Å². The summed E-state index contributed by atoms with van der Waals surface area (Å²) in [6.45, 7) is 1.68. The highest BCUT2D eigenvalue weighted by Crippen LogP contribution is 2.22. The molecule has 0 unspecified atom stereocenters. The number of halogens is 3. The summed E-state index contributed by atoms with van der Waals surface area (Å²) in [7, 11) is 0. The van der Waals surface area contributed by atoms with Gasteiger partial charge in [-0.15, -0.1) is 0 Å². The topological polar surface area (TPSA) is 41.1 Å². The molecule has 0 saturated heterocycles. The van der Waals surface area contributed by atoms with Gasteiger partial charge >= 0.3 is 0 Å². The minimum atomic E-state index is -0.627. The number of hydrogen-bond donors (Lipinski definition) is 2. The van der Waals surface area contributed by atoms with E-state index >= 15 is 0 Å². The van der Waals surface area contributed by atoms with Gasteiger partial charge in [-0.3, -0.25) is 4.79 Å². The number of hydrogen-bond acceptors (Lipinski definition) is 2. The smallest absolute Gasteiger partial charge is 0.243 e. The van der Waals surface area contributed by atoms with Gasteiger partial charge in [-0.1, -0.05) is 17.7 Å². The lowest BCUT2D eigenvalue weighted by atomic mass is 10.2. The first-order chi connectivity index (χ1) is 9.95. The molecule has 0 aromatic heterocycles. The summed E-state index contributed by atoms with van der Waals surface area (Å²) in [5.74, 6) is -1.62. The second-order valence-corrected chi connectivity index (χ2v) is 4.92. The molecule has 0 radical (unpaired) electrons. The van der Waals surface area contributed by atoms with E-state index in [-0.39, 0.29) is 12.2 Å². The molecule has 2 N–H and O–H groups in total. The van der Waals surface area contributed by atoms with Crippen LogP contribution in [0.2, 0.25) is 5.02 Å². The molecule has 2 rings (SSSR count). The molecule has 2 aromatic carbocycles. The van der Waals surface area contributed by atoms with Crippen molar-refractivity contribution >= 4 is 28.9 Å². The molecule has 3 nitrogen and oxygen atoms in total. The summed E-state index contributed by atoms with van der Waals surface area (Å²) in [5, 5.41) is 5.54.